The van der Waals surface area contributed by atoms with Gasteiger partial charge in [0.1, 0.15) is 5.75 Å². The third-order valence-electron chi connectivity index (χ3n) is 3.14. The Balaban J connectivity index is 2.63. The zero-order valence-electron chi connectivity index (χ0n) is 13.3. The first kappa shape index (κ1) is 17.0. The Labute approximate surface area is 123 Å². The van der Waals surface area contributed by atoms with Crippen molar-refractivity contribution >= 4 is 0 Å². The normalized spacial score (nSPS) is 12.7. The lowest BCUT2D eigenvalue weighted by atomic mass is 10.0. The number of hydrogen-bond donors (Lipinski definition) is 1. The third-order valence-corrected chi connectivity index (χ3v) is 3.14. The van der Waals surface area contributed by atoms with Crippen molar-refractivity contribution in [3.63, 3.8) is 0 Å². The number of ether oxygens (including phenoxy) is 2. The van der Waals surface area contributed by atoms with Crippen LogP contribution in [0, 0.1) is 0 Å². The maximum Gasteiger partial charge on any atom is 0.119 e. The molecule has 0 bridgehead atoms. The molecule has 20 heavy (non-hydrogen) atoms. The fraction of sp³-hybridized carbons (Fsp3) is 0.647. The van der Waals surface area contributed by atoms with E-state index < -0.39 is 0 Å². The van der Waals surface area contributed by atoms with E-state index >= 15 is 0 Å². The highest BCUT2D eigenvalue weighted by atomic mass is 16.5. The second-order valence-electron chi connectivity index (χ2n) is 5.38. The monoisotopic (exact) mass is 279 g/mol. The van der Waals surface area contributed by atoms with Gasteiger partial charge in [-0.25, -0.2) is 0 Å². The van der Waals surface area contributed by atoms with Crippen molar-refractivity contribution in [3.05, 3.63) is 29.8 Å². The molecule has 0 aliphatic heterocycles. The molecule has 0 fully saturated rings. The molecule has 3 heteroatoms. The maximum absolute atomic E-state index is 5.69. The standard InChI is InChI=1S/C17H29NO2/c1-5-12-18-17(7-6-13-19-4)15-8-10-16(11-9-15)20-14(2)3/h8-11,14,17-18H,5-7,12-13H2,1-4H3. The highest BCUT2D eigenvalue weighted by Crippen LogP contribution is 2.22. The van der Waals surface area contributed by atoms with Crippen LogP contribution in [-0.2, 0) is 4.74 Å². The summed E-state index contributed by atoms with van der Waals surface area (Å²) < 4.78 is 10.8. The summed E-state index contributed by atoms with van der Waals surface area (Å²) in [7, 11) is 1.76. The average Bonchev–Trinajstić information content (AvgIpc) is 2.43. The smallest absolute Gasteiger partial charge is 0.119 e. The van der Waals surface area contributed by atoms with Gasteiger partial charge in [-0.1, -0.05) is 19.1 Å². The number of methoxy groups -OCH3 is 1. The SMILES string of the molecule is CCCNC(CCCOC)c1ccc(OC(C)C)cc1. The Morgan fingerprint density at radius 1 is 1.15 bits per heavy atom. The lowest BCUT2D eigenvalue weighted by molar-refractivity contribution is 0.188. The summed E-state index contributed by atoms with van der Waals surface area (Å²) in [5, 5.41) is 3.61. The van der Waals surface area contributed by atoms with Gasteiger partial charge in [0.2, 0.25) is 0 Å². The molecular formula is C17H29NO2. The van der Waals surface area contributed by atoms with Crippen molar-refractivity contribution < 1.29 is 9.47 Å². The summed E-state index contributed by atoms with van der Waals surface area (Å²) in [4.78, 5) is 0. The van der Waals surface area contributed by atoms with E-state index in [9.17, 15) is 0 Å². The Bertz CT molecular complexity index is 349. The molecule has 1 unspecified atom stereocenters. The predicted octanol–water partition coefficient (Wildman–Crippen LogP) is 3.94. The average molecular weight is 279 g/mol. The van der Waals surface area contributed by atoms with Crippen LogP contribution in [0.4, 0.5) is 0 Å². The van der Waals surface area contributed by atoms with Gasteiger partial charge in [-0.2, -0.15) is 0 Å². The maximum atomic E-state index is 5.69. The van der Waals surface area contributed by atoms with Gasteiger partial charge in [0.05, 0.1) is 6.10 Å². The number of nitrogens with one attached hydrogen (secondary N) is 1. The van der Waals surface area contributed by atoms with Crippen molar-refractivity contribution in [2.45, 2.75) is 52.2 Å². The van der Waals surface area contributed by atoms with E-state index in [1.54, 1.807) is 7.11 Å². The van der Waals surface area contributed by atoms with Gasteiger partial charge in [-0.05, 0) is 57.4 Å². The first-order valence-electron chi connectivity index (χ1n) is 7.66. The van der Waals surface area contributed by atoms with E-state index in [1.807, 2.05) is 13.8 Å². The van der Waals surface area contributed by atoms with Gasteiger partial charge < -0.3 is 14.8 Å². The van der Waals surface area contributed by atoms with Crippen molar-refractivity contribution in [2.24, 2.45) is 0 Å². The molecule has 1 aromatic rings. The fourth-order valence-corrected chi connectivity index (χ4v) is 2.19. The van der Waals surface area contributed by atoms with Crippen molar-refractivity contribution in [1.29, 1.82) is 0 Å². The van der Waals surface area contributed by atoms with Crippen LogP contribution < -0.4 is 10.1 Å². The van der Waals surface area contributed by atoms with Gasteiger partial charge >= 0.3 is 0 Å². The number of benzene rings is 1. The van der Waals surface area contributed by atoms with Crippen LogP contribution in [0.3, 0.4) is 0 Å². The molecule has 0 aliphatic carbocycles. The van der Waals surface area contributed by atoms with Crippen molar-refractivity contribution in [1.82, 2.24) is 5.32 Å². The van der Waals surface area contributed by atoms with Crippen LogP contribution in [0.15, 0.2) is 24.3 Å². The second-order valence-corrected chi connectivity index (χ2v) is 5.38. The van der Waals surface area contributed by atoms with E-state index in [4.69, 9.17) is 9.47 Å². The zero-order chi connectivity index (χ0) is 14.8. The van der Waals surface area contributed by atoms with Crippen LogP contribution in [0.25, 0.3) is 0 Å². The number of rotatable bonds is 10. The topological polar surface area (TPSA) is 30.5 Å². The van der Waals surface area contributed by atoms with Crippen LogP contribution in [-0.4, -0.2) is 26.4 Å². The second kappa shape index (κ2) is 9.78. The van der Waals surface area contributed by atoms with Crippen LogP contribution in [0.1, 0.15) is 51.6 Å². The van der Waals surface area contributed by atoms with Gasteiger partial charge in [0, 0.05) is 19.8 Å². The van der Waals surface area contributed by atoms with Gasteiger partial charge in [0.15, 0.2) is 0 Å². The summed E-state index contributed by atoms with van der Waals surface area (Å²) in [6.07, 6.45) is 3.53. The van der Waals surface area contributed by atoms with E-state index in [2.05, 4.69) is 36.5 Å². The molecule has 0 amide bonds. The van der Waals surface area contributed by atoms with E-state index in [-0.39, 0.29) is 6.10 Å². The minimum Gasteiger partial charge on any atom is -0.491 e. The first-order valence-corrected chi connectivity index (χ1v) is 7.66. The molecule has 1 N–H and O–H groups in total. The Morgan fingerprint density at radius 3 is 2.40 bits per heavy atom. The van der Waals surface area contributed by atoms with E-state index in [0.717, 1.165) is 38.2 Å². The Morgan fingerprint density at radius 2 is 1.85 bits per heavy atom. The van der Waals surface area contributed by atoms with Gasteiger partial charge in [-0.3, -0.25) is 0 Å². The van der Waals surface area contributed by atoms with Crippen LogP contribution >= 0.6 is 0 Å². The minimum absolute atomic E-state index is 0.219. The molecule has 0 aromatic heterocycles. The quantitative estimate of drug-likeness (QED) is 0.658. The minimum atomic E-state index is 0.219. The van der Waals surface area contributed by atoms with Crippen LogP contribution in [0.2, 0.25) is 0 Å². The van der Waals surface area contributed by atoms with Gasteiger partial charge in [-0.15, -0.1) is 0 Å². The lowest BCUT2D eigenvalue weighted by Gasteiger charge is -2.19. The lowest BCUT2D eigenvalue weighted by Crippen LogP contribution is -2.22. The third kappa shape index (κ3) is 6.40. The molecule has 0 aliphatic rings. The molecule has 1 atom stereocenters. The summed E-state index contributed by atoms with van der Waals surface area (Å²) in [6.45, 7) is 8.15. The van der Waals surface area contributed by atoms with E-state index in [0.29, 0.717) is 6.04 Å². The zero-order valence-corrected chi connectivity index (χ0v) is 13.3. The Hall–Kier alpha value is -1.06. The first-order chi connectivity index (χ1) is 9.67. The van der Waals surface area contributed by atoms with Crippen LogP contribution in [0.5, 0.6) is 5.75 Å². The largest absolute Gasteiger partial charge is 0.491 e. The molecule has 3 nitrogen and oxygen atoms in total. The highest BCUT2D eigenvalue weighted by molar-refractivity contribution is 5.29. The molecular weight excluding hydrogens is 250 g/mol. The van der Waals surface area contributed by atoms with E-state index in [1.165, 1.54) is 5.56 Å². The van der Waals surface area contributed by atoms with Gasteiger partial charge in [0.25, 0.3) is 0 Å². The van der Waals surface area contributed by atoms with Crippen molar-refractivity contribution in [2.75, 3.05) is 20.3 Å². The predicted molar refractivity (Wildman–Crippen MR) is 84.4 cm³/mol. The fourth-order valence-electron chi connectivity index (χ4n) is 2.19. The number of hydrogen-bond acceptors (Lipinski definition) is 3. The highest BCUT2D eigenvalue weighted by Gasteiger charge is 2.10. The molecule has 0 heterocycles. The molecule has 0 radical (unpaired) electrons. The molecule has 1 aromatic carbocycles. The van der Waals surface area contributed by atoms with Crippen molar-refractivity contribution in [3.8, 4) is 5.75 Å². The molecule has 0 saturated heterocycles. The summed E-state index contributed by atoms with van der Waals surface area (Å²) >= 11 is 0. The Kier molecular flexibility index (Phi) is 8.31. The molecule has 1 rings (SSSR count). The molecule has 0 spiro atoms. The summed E-state index contributed by atoms with van der Waals surface area (Å²) in [5.41, 5.74) is 1.32. The molecule has 114 valence electrons. The summed E-state index contributed by atoms with van der Waals surface area (Å²) in [5.74, 6) is 0.940. The summed E-state index contributed by atoms with van der Waals surface area (Å²) in [6, 6.07) is 8.85. The molecule has 0 saturated carbocycles.